The Hall–Kier alpha value is -2.12. The zero-order valence-corrected chi connectivity index (χ0v) is 11.9. The minimum Gasteiger partial charge on any atom is -0.496 e. The van der Waals surface area contributed by atoms with Crippen LogP contribution in [0.4, 0.5) is 0 Å². The van der Waals surface area contributed by atoms with Crippen molar-refractivity contribution in [3.05, 3.63) is 45.6 Å². The van der Waals surface area contributed by atoms with Crippen LogP contribution in [-0.4, -0.2) is 12.1 Å². The Balaban J connectivity index is 2.65. The zero-order chi connectivity index (χ0) is 14.0. The highest BCUT2D eigenvalue weighted by Crippen LogP contribution is 2.31. The number of ether oxygens (including phenoxy) is 1. The maximum atomic E-state index is 8.90. The van der Waals surface area contributed by atoms with Crippen LogP contribution >= 0.6 is 12.2 Å². The molecule has 19 heavy (non-hydrogen) atoms. The highest BCUT2D eigenvalue weighted by atomic mass is 32.1. The first-order chi connectivity index (χ1) is 9.06. The van der Waals surface area contributed by atoms with Crippen molar-refractivity contribution >= 4 is 12.2 Å². The molecule has 1 N–H and O–H groups in total. The number of H-pyrrole nitrogens is 1. The summed E-state index contributed by atoms with van der Waals surface area (Å²) in [6.45, 7) is 4.10. The van der Waals surface area contributed by atoms with Gasteiger partial charge in [-0.3, -0.25) is 0 Å². The average Bonchev–Trinajstić information content (AvgIpc) is 2.41. The fourth-order valence-corrected chi connectivity index (χ4v) is 2.11. The average molecular weight is 270 g/mol. The monoisotopic (exact) mass is 270 g/mol. The van der Waals surface area contributed by atoms with Crippen molar-refractivity contribution in [2.45, 2.75) is 13.8 Å². The number of aromatic amines is 1. The van der Waals surface area contributed by atoms with Gasteiger partial charge in [-0.15, -0.1) is 0 Å². The van der Waals surface area contributed by atoms with E-state index in [0.717, 1.165) is 17.0 Å². The minimum absolute atomic E-state index is 0.445. The predicted octanol–water partition coefficient (Wildman–Crippen LogP) is 3.91. The van der Waals surface area contributed by atoms with Crippen molar-refractivity contribution in [2.75, 3.05) is 7.11 Å². The predicted molar refractivity (Wildman–Crippen MR) is 77.8 cm³/mol. The van der Waals surface area contributed by atoms with Gasteiger partial charge in [-0.05, 0) is 49.2 Å². The molecular formula is C15H14N2OS. The van der Waals surface area contributed by atoms with Crippen LogP contribution in [0.25, 0.3) is 11.3 Å². The Morgan fingerprint density at radius 2 is 1.89 bits per heavy atom. The lowest BCUT2D eigenvalue weighted by atomic mass is 10.0. The summed E-state index contributed by atoms with van der Waals surface area (Å²) in [5, 5.41) is 8.90. The number of nitrogens with zero attached hydrogens (tertiary/aromatic N) is 1. The van der Waals surface area contributed by atoms with Crippen molar-refractivity contribution < 1.29 is 4.74 Å². The number of hydrogen-bond donors (Lipinski definition) is 1. The summed E-state index contributed by atoms with van der Waals surface area (Å²) in [6, 6.07) is 9.69. The smallest absolute Gasteiger partial charge is 0.128 e. The zero-order valence-electron chi connectivity index (χ0n) is 11.1. The summed E-state index contributed by atoms with van der Waals surface area (Å²) in [7, 11) is 1.64. The standard InChI is InChI=1S/C15H14N2OS/c1-9-6-12(14(18-3)7-10(9)2)13-5-4-11(8-16)15(19)17-13/h4-7H,1-3H3,(H,17,19). The summed E-state index contributed by atoms with van der Waals surface area (Å²) in [6.07, 6.45) is 0. The highest BCUT2D eigenvalue weighted by Gasteiger charge is 2.09. The van der Waals surface area contributed by atoms with E-state index in [0.29, 0.717) is 10.2 Å². The Bertz CT molecular complexity index is 726. The van der Waals surface area contributed by atoms with Gasteiger partial charge in [-0.1, -0.05) is 12.2 Å². The van der Waals surface area contributed by atoms with Gasteiger partial charge in [0.05, 0.1) is 18.4 Å². The van der Waals surface area contributed by atoms with Crippen LogP contribution in [0.3, 0.4) is 0 Å². The quantitative estimate of drug-likeness (QED) is 0.842. The molecule has 0 aliphatic carbocycles. The largest absolute Gasteiger partial charge is 0.496 e. The van der Waals surface area contributed by atoms with Gasteiger partial charge in [0, 0.05) is 5.56 Å². The van der Waals surface area contributed by atoms with Crippen LogP contribution in [0.2, 0.25) is 0 Å². The number of hydrogen-bond acceptors (Lipinski definition) is 3. The maximum absolute atomic E-state index is 8.90. The number of aryl methyl sites for hydroxylation is 2. The molecule has 0 radical (unpaired) electrons. The molecule has 0 bridgehead atoms. The summed E-state index contributed by atoms with van der Waals surface area (Å²) >= 11 is 5.16. The highest BCUT2D eigenvalue weighted by molar-refractivity contribution is 7.71. The van der Waals surface area contributed by atoms with E-state index in [-0.39, 0.29) is 0 Å². The third kappa shape index (κ3) is 2.51. The maximum Gasteiger partial charge on any atom is 0.128 e. The van der Waals surface area contributed by atoms with Crippen molar-refractivity contribution in [2.24, 2.45) is 0 Å². The molecule has 0 saturated carbocycles. The molecule has 1 aromatic heterocycles. The molecule has 0 unspecified atom stereocenters. The van der Waals surface area contributed by atoms with Gasteiger partial charge in [-0.2, -0.15) is 5.26 Å². The number of aromatic nitrogens is 1. The van der Waals surface area contributed by atoms with Crippen LogP contribution in [0, 0.1) is 29.8 Å². The molecule has 0 aliphatic heterocycles. The Kier molecular flexibility index (Phi) is 3.68. The van der Waals surface area contributed by atoms with E-state index in [1.807, 2.05) is 19.1 Å². The summed E-state index contributed by atoms with van der Waals surface area (Å²) in [5.41, 5.74) is 4.62. The Morgan fingerprint density at radius 1 is 1.21 bits per heavy atom. The lowest BCUT2D eigenvalue weighted by Crippen LogP contribution is -1.94. The molecule has 0 saturated heterocycles. The molecule has 96 valence electrons. The molecule has 0 fully saturated rings. The van der Waals surface area contributed by atoms with Crippen LogP contribution in [0.1, 0.15) is 16.7 Å². The third-order valence-corrected chi connectivity index (χ3v) is 3.46. The van der Waals surface area contributed by atoms with Crippen molar-refractivity contribution in [3.63, 3.8) is 0 Å². The minimum atomic E-state index is 0.445. The molecule has 4 heteroatoms. The van der Waals surface area contributed by atoms with Gasteiger partial charge >= 0.3 is 0 Å². The summed E-state index contributed by atoms with van der Waals surface area (Å²) < 4.78 is 5.86. The van der Waals surface area contributed by atoms with Gasteiger partial charge < -0.3 is 9.72 Å². The number of nitrogens with one attached hydrogen (secondary N) is 1. The first-order valence-electron chi connectivity index (χ1n) is 5.86. The van der Waals surface area contributed by atoms with Crippen molar-refractivity contribution in [1.29, 1.82) is 5.26 Å². The van der Waals surface area contributed by atoms with E-state index in [1.54, 1.807) is 13.2 Å². The van der Waals surface area contributed by atoms with E-state index < -0.39 is 0 Å². The van der Waals surface area contributed by atoms with Crippen LogP contribution in [0.5, 0.6) is 5.75 Å². The lowest BCUT2D eigenvalue weighted by Gasteiger charge is -2.12. The molecular weight excluding hydrogens is 256 g/mol. The van der Waals surface area contributed by atoms with Gasteiger partial charge in [0.25, 0.3) is 0 Å². The molecule has 1 heterocycles. The molecule has 0 atom stereocenters. The summed E-state index contributed by atoms with van der Waals surface area (Å²) in [5.74, 6) is 0.790. The SMILES string of the molecule is COc1cc(C)c(C)cc1-c1ccc(C#N)c(=S)[nH]1. The molecule has 2 aromatic rings. The van der Waals surface area contributed by atoms with Crippen molar-refractivity contribution in [3.8, 4) is 23.1 Å². The number of methoxy groups -OCH3 is 1. The second-order valence-corrected chi connectivity index (χ2v) is 4.77. The van der Waals surface area contributed by atoms with Gasteiger partial charge in [0.15, 0.2) is 0 Å². The summed E-state index contributed by atoms with van der Waals surface area (Å²) in [4.78, 5) is 3.08. The van der Waals surface area contributed by atoms with E-state index in [4.69, 9.17) is 22.2 Å². The fraction of sp³-hybridized carbons (Fsp3) is 0.200. The van der Waals surface area contributed by atoms with E-state index in [9.17, 15) is 0 Å². The number of benzene rings is 1. The molecule has 3 nitrogen and oxygen atoms in total. The molecule has 2 rings (SSSR count). The van der Waals surface area contributed by atoms with Crippen LogP contribution < -0.4 is 4.74 Å². The first-order valence-corrected chi connectivity index (χ1v) is 6.26. The topological polar surface area (TPSA) is 48.8 Å². The second-order valence-electron chi connectivity index (χ2n) is 4.36. The number of rotatable bonds is 2. The van der Waals surface area contributed by atoms with Crippen LogP contribution in [0.15, 0.2) is 24.3 Å². The van der Waals surface area contributed by atoms with Crippen molar-refractivity contribution in [1.82, 2.24) is 4.98 Å². The number of nitriles is 1. The Labute approximate surface area is 117 Å². The van der Waals surface area contributed by atoms with E-state index in [1.165, 1.54) is 11.1 Å². The molecule has 0 spiro atoms. The van der Waals surface area contributed by atoms with E-state index in [2.05, 4.69) is 24.0 Å². The molecule has 0 aliphatic rings. The van der Waals surface area contributed by atoms with Gasteiger partial charge in [0.1, 0.15) is 16.5 Å². The third-order valence-electron chi connectivity index (χ3n) is 3.14. The normalized spacial score (nSPS) is 10.0. The van der Waals surface area contributed by atoms with E-state index >= 15 is 0 Å². The number of pyridine rings is 1. The van der Waals surface area contributed by atoms with Gasteiger partial charge in [0.2, 0.25) is 0 Å². The van der Waals surface area contributed by atoms with Gasteiger partial charge in [-0.25, -0.2) is 0 Å². The molecule has 0 amide bonds. The first kappa shape index (κ1) is 13.3. The Morgan fingerprint density at radius 3 is 2.47 bits per heavy atom. The van der Waals surface area contributed by atoms with Crippen LogP contribution in [-0.2, 0) is 0 Å². The second kappa shape index (κ2) is 5.25. The lowest BCUT2D eigenvalue weighted by molar-refractivity contribution is 0.416. The fourth-order valence-electron chi connectivity index (χ4n) is 1.89. The molecule has 1 aromatic carbocycles.